The van der Waals surface area contributed by atoms with Crippen molar-refractivity contribution in [2.45, 2.75) is 76.9 Å². The quantitative estimate of drug-likeness (QED) is 0.704. The predicted octanol–water partition coefficient (Wildman–Crippen LogP) is 2.88. The fraction of sp³-hybridized carbons (Fsp3) is 0.783. The first-order chi connectivity index (χ1) is 13.6. The third-order valence-electron chi connectivity index (χ3n) is 9.59. The van der Waals surface area contributed by atoms with E-state index in [-0.39, 0.29) is 47.3 Å². The minimum absolute atomic E-state index is 0.0285. The molecule has 6 heteroatoms. The number of rotatable bonds is 3. The summed E-state index contributed by atoms with van der Waals surface area (Å²) in [6.45, 7) is 4.28. The summed E-state index contributed by atoms with van der Waals surface area (Å²) in [4.78, 5) is 36.8. The molecule has 4 aliphatic carbocycles. The summed E-state index contributed by atoms with van der Waals surface area (Å²) in [5, 5.41) is 20.7. The Bertz CT molecular complexity index is 831. The Labute approximate surface area is 170 Å². The topological polar surface area (TPSA) is 101 Å². The van der Waals surface area contributed by atoms with E-state index in [9.17, 15) is 24.6 Å². The lowest BCUT2D eigenvalue weighted by Gasteiger charge is -2.60. The Morgan fingerprint density at radius 1 is 1.28 bits per heavy atom. The molecule has 0 radical (unpaired) electrons. The lowest BCUT2D eigenvalue weighted by molar-refractivity contribution is -0.180. The van der Waals surface area contributed by atoms with E-state index < -0.39 is 23.1 Å². The first kappa shape index (κ1) is 19.3. The molecule has 2 N–H and O–H groups in total. The number of carbonyl (C=O) groups excluding carboxylic acids is 2. The number of ether oxygens (including phenoxy) is 1. The van der Waals surface area contributed by atoms with Gasteiger partial charge in [-0.25, -0.2) is 0 Å². The summed E-state index contributed by atoms with van der Waals surface area (Å²) in [6.07, 6.45) is 5.25. The maximum atomic E-state index is 13.4. The van der Waals surface area contributed by atoms with Crippen LogP contribution in [0.15, 0.2) is 11.6 Å². The fourth-order valence-corrected chi connectivity index (χ4v) is 8.20. The SMILES string of the molecule is C[C@]12CCC(=O)C=C1C[C@H]1C(=O)O[C@]3(CCC(=O)O)CCC4C1[C@@H]2[C@H](O)C[C@@]43C. The predicted molar refractivity (Wildman–Crippen MR) is 103 cm³/mol. The number of hydrogen-bond acceptors (Lipinski definition) is 5. The molecule has 0 aromatic rings. The highest BCUT2D eigenvalue weighted by molar-refractivity contribution is 5.92. The minimum Gasteiger partial charge on any atom is -0.481 e. The van der Waals surface area contributed by atoms with Gasteiger partial charge in [-0.1, -0.05) is 19.4 Å². The second-order valence-electron chi connectivity index (χ2n) is 10.6. The number of aliphatic hydroxyl groups excluding tert-OH is 1. The minimum atomic E-state index is -0.888. The Hall–Kier alpha value is -1.69. The van der Waals surface area contributed by atoms with Gasteiger partial charge >= 0.3 is 11.9 Å². The van der Waals surface area contributed by atoms with E-state index in [1.807, 2.05) is 0 Å². The van der Waals surface area contributed by atoms with Crippen LogP contribution >= 0.6 is 0 Å². The van der Waals surface area contributed by atoms with Crippen LogP contribution in [0.3, 0.4) is 0 Å². The maximum Gasteiger partial charge on any atom is 0.310 e. The fourth-order valence-electron chi connectivity index (χ4n) is 8.20. The monoisotopic (exact) mass is 402 g/mol. The molecule has 4 fully saturated rings. The molecule has 0 amide bonds. The summed E-state index contributed by atoms with van der Waals surface area (Å²) in [6, 6.07) is 0. The Morgan fingerprint density at radius 3 is 2.76 bits per heavy atom. The number of carboxylic acids is 1. The molecule has 8 atom stereocenters. The second-order valence-corrected chi connectivity index (χ2v) is 10.6. The van der Waals surface area contributed by atoms with E-state index >= 15 is 0 Å². The van der Waals surface area contributed by atoms with Crippen LogP contribution in [0.2, 0.25) is 0 Å². The van der Waals surface area contributed by atoms with E-state index in [1.165, 1.54) is 0 Å². The summed E-state index contributed by atoms with van der Waals surface area (Å²) in [7, 11) is 0. The molecule has 1 saturated heterocycles. The molecule has 0 spiro atoms. The van der Waals surface area contributed by atoms with Crippen molar-refractivity contribution in [1.29, 1.82) is 0 Å². The van der Waals surface area contributed by atoms with Crippen molar-refractivity contribution >= 4 is 17.7 Å². The molecule has 2 unspecified atom stereocenters. The summed E-state index contributed by atoms with van der Waals surface area (Å²) in [5.41, 5.74) is -0.480. The first-order valence-electron chi connectivity index (χ1n) is 11.0. The van der Waals surface area contributed by atoms with E-state index in [4.69, 9.17) is 4.74 Å². The Balaban J connectivity index is 1.64. The summed E-state index contributed by atoms with van der Waals surface area (Å²) in [5.74, 6) is -1.18. The molecule has 0 aromatic carbocycles. The average molecular weight is 402 g/mol. The number of fused-ring (bicyclic) bond motifs is 2. The third kappa shape index (κ3) is 2.35. The molecule has 0 aromatic heterocycles. The molecule has 158 valence electrons. The molecule has 29 heavy (non-hydrogen) atoms. The standard InChI is InChI=1S/C23H30O6/c1-21-6-3-13(24)9-12(21)10-14-18-15-4-7-23(29-20(14)28,8-5-17(26)27)22(15,2)11-16(25)19(18)21/h9,14-16,18-19,25H,3-8,10-11H2,1-2H3,(H,26,27)/t14-,15?,16-,18?,19+,21+,22+,23+/m1/s1. The van der Waals surface area contributed by atoms with Crippen LogP contribution in [0.1, 0.15) is 65.2 Å². The number of allylic oxidation sites excluding steroid dienone is 1. The van der Waals surface area contributed by atoms with Gasteiger partial charge in [0.1, 0.15) is 5.60 Å². The zero-order chi connectivity index (χ0) is 20.8. The van der Waals surface area contributed by atoms with Crippen LogP contribution < -0.4 is 0 Å². The van der Waals surface area contributed by atoms with Gasteiger partial charge in [-0.3, -0.25) is 14.4 Å². The molecule has 1 aliphatic heterocycles. The van der Waals surface area contributed by atoms with Crippen molar-refractivity contribution in [2.24, 2.45) is 34.5 Å². The molecule has 4 bridgehead atoms. The van der Waals surface area contributed by atoms with E-state index in [1.54, 1.807) is 6.08 Å². The van der Waals surface area contributed by atoms with Crippen molar-refractivity contribution in [3.05, 3.63) is 11.6 Å². The average Bonchev–Trinajstić information content (AvgIpc) is 2.88. The molecule has 3 saturated carbocycles. The number of carbonyl (C=O) groups is 3. The lowest BCUT2D eigenvalue weighted by Crippen LogP contribution is -2.60. The van der Waals surface area contributed by atoms with Crippen molar-refractivity contribution in [2.75, 3.05) is 0 Å². The number of aliphatic hydroxyl groups is 1. The summed E-state index contributed by atoms with van der Waals surface area (Å²) >= 11 is 0. The highest BCUT2D eigenvalue weighted by atomic mass is 16.6. The number of esters is 1. The van der Waals surface area contributed by atoms with Crippen LogP contribution in [0.25, 0.3) is 0 Å². The van der Waals surface area contributed by atoms with Crippen LogP contribution in [0, 0.1) is 34.5 Å². The van der Waals surface area contributed by atoms with Gasteiger partial charge in [0.05, 0.1) is 12.0 Å². The molecule has 1 heterocycles. The molecule has 5 aliphatic rings. The van der Waals surface area contributed by atoms with Crippen LogP contribution in [0.4, 0.5) is 0 Å². The van der Waals surface area contributed by atoms with Crippen molar-refractivity contribution in [1.82, 2.24) is 0 Å². The highest BCUT2D eigenvalue weighted by Crippen LogP contribution is 2.71. The van der Waals surface area contributed by atoms with Gasteiger partial charge in [0.25, 0.3) is 0 Å². The van der Waals surface area contributed by atoms with E-state index in [2.05, 4.69) is 13.8 Å². The molecular formula is C23H30O6. The van der Waals surface area contributed by atoms with Gasteiger partial charge in [-0.05, 0) is 67.8 Å². The Morgan fingerprint density at radius 2 is 2.03 bits per heavy atom. The van der Waals surface area contributed by atoms with Crippen LogP contribution in [-0.4, -0.2) is 39.6 Å². The van der Waals surface area contributed by atoms with Gasteiger partial charge in [0, 0.05) is 18.3 Å². The number of ketones is 1. The Kier molecular flexibility index (Phi) is 3.94. The number of carboxylic acid groups (broad SMARTS) is 1. The largest absolute Gasteiger partial charge is 0.481 e. The van der Waals surface area contributed by atoms with Gasteiger partial charge in [-0.2, -0.15) is 0 Å². The van der Waals surface area contributed by atoms with Crippen molar-refractivity contribution in [3.8, 4) is 0 Å². The summed E-state index contributed by atoms with van der Waals surface area (Å²) < 4.78 is 6.21. The van der Waals surface area contributed by atoms with Gasteiger partial charge < -0.3 is 14.9 Å². The zero-order valence-electron chi connectivity index (χ0n) is 17.1. The molecule has 5 rings (SSSR count). The van der Waals surface area contributed by atoms with Gasteiger partial charge in [-0.15, -0.1) is 0 Å². The van der Waals surface area contributed by atoms with Crippen LogP contribution in [-0.2, 0) is 19.1 Å². The first-order valence-corrected chi connectivity index (χ1v) is 11.0. The van der Waals surface area contributed by atoms with Crippen LogP contribution in [0.5, 0.6) is 0 Å². The zero-order valence-corrected chi connectivity index (χ0v) is 17.1. The molecular weight excluding hydrogens is 372 g/mol. The smallest absolute Gasteiger partial charge is 0.310 e. The van der Waals surface area contributed by atoms with Gasteiger partial charge in [0.2, 0.25) is 0 Å². The number of hydrogen-bond donors (Lipinski definition) is 2. The van der Waals surface area contributed by atoms with E-state index in [0.717, 1.165) is 18.4 Å². The van der Waals surface area contributed by atoms with Gasteiger partial charge in [0.15, 0.2) is 5.78 Å². The second kappa shape index (κ2) is 5.93. The number of aliphatic carboxylic acids is 1. The van der Waals surface area contributed by atoms with Crippen molar-refractivity contribution < 1.29 is 29.3 Å². The highest BCUT2D eigenvalue weighted by Gasteiger charge is 2.72. The maximum absolute atomic E-state index is 13.4. The van der Waals surface area contributed by atoms with Crippen molar-refractivity contribution in [3.63, 3.8) is 0 Å². The lowest BCUT2D eigenvalue weighted by atomic mass is 9.43. The third-order valence-corrected chi connectivity index (χ3v) is 9.59. The molecule has 6 nitrogen and oxygen atoms in total. The normalized spacial score (nSPS) is 50.3. The van der Waals surface area contributed by atoms with E-state index in [0.29, 0.717) is 32.1 Å².